The molecule has 29 heavy (non-hydrogen) atoms. The van der Waals surface area contributed by atoms with Gasteiger partial charge in [0, 0.05) is 24.7 Å². The van der Waals surface area contributed by atoms with E-state index >= 15 is 0 Å². The zero-order chi connectivity index (χ0) is 20.5. The average Bonchev–Trinajstić information content (AvgIpc) is 3.14. The summed E-state index contributed by atoms with van der Waals surface area (Å²) in [6, 6.07) is 9.61. The van der Waals surface area contributed by atoms with Crippen molar-refractivity contribution in [3.8, 4) is 5.75 Å². The number of rotatable bonds is 9. The van der Waals surface area contributed by atoms with Crippen molar-refractivity contribution >= 4 is 11.8 Å². The van der Waals surface area contributed by atoms with E-state index in [0.717, 1.165) is 37.1 Å². The first-order valence-electron chi connectivity index (χ1n) is 10.2. The molecule has 1 aliphatic rings. The van der Waals surface area contributed by atoms with Crippen molar-refractivity contribution in [2.45, 2.75) is 51.6 Å². The van der Waals surface area contributed by atoms with E-state index in [4.69, 9.17) is 4.74 Å². The van der Waals surface area contributed by atoms with Gasteiger partial charge in [-0.3, -0.25) is 14.3 Å². The number of nitrogens with one attached hydrogen (secondary N) is 2. The monoisotopic (exact) mass is 399 g/mol. The van der Waals surface area contributed by atoms with Crippen LogP contribution in [0, 0.1) is 12.8 Å². The molecular formula is C21H29N5O3. The molecule has 3 rings (SSSR count). The third kappa shape index (κ3) is 6.89. The Morgan fingerprint density at radius 2 is 1.93 bits per heavy atom. The van der Waals surface area contributed by atoms with Gasteiger partial charge in [-0.25, -0.2) is 0 Å². The van der Waals surface area contributed by atoms with E-state index in [1.807, 2.05) is 43.5 Å². The lowest BCUT2D eigenvalue weighted by Crippen LogP contribution is -2.41. The minimum Gasteiger partial charge on any atom is -0.493 e. The third-order valence-electron chi connectivity index (χ3n) is 5.10. The number of hydrogen-bond donors (Lipinski definition) is 2. The van der Waals surface area contributed by atoms with Gasteiger partial charge in [0.25, 0.3) is 0 Å². The molecule has 0 aliphatic heterocycles. The molecule has 0 saturated heterocycles. The van der Waals surface area contributed by atoms with Crippen LogP contribution < -0.4 is 15.4 Å². The number of carbonyl (C=O) groups excluding carboxylic acids is 2. The quantitative estimate of drug-likeness (QED) is 0.671. The fourth-order valence-corrected chi connectivity index (χ4v) is 3.52. The Kier molecular flexibility index (Phi) is 7.61. The Hall–Kier alpha value is -2.90. The van der Waals surface area contributed by atoms with Crippen molar-refractivity contribution < 1.29 is 14.3 Å². The first kappa shape index (κ1) is 20.8. The molecule has 156 valence electrons. The SMILES string of the molecule is Cc1cn(CCNC(=O)C2CCC(NC(=O)CCOc3ccccc3)CC2)nn1. The molecule has 2 amide bonds. The van der Waals surface area contributed by atoms with Gasteiger partial charge in [0.1, 0.15) is 5.75 Å². The molecule has 1 aromatic carbocycles. The zero-order valence-electron chi connectivity index (χ0n) is 16.8. The maximum atomic E-state index is 12.3. The molecule has 2 aromatic rings. The van der Waals surface area contributed by atoms with Gasteiger partial charge in [0.15, 0.2) is 0 Å². The number of benzene rings is 1. The fraction of sp³-hybridized carbons (Fsp3) is 0.524. The number of ether oxygens (including phenoxy) is 1. The Labute approximate surface area is 171 Å². The second kappa shape index (κ2) is 10.6. The summed E-state index contributed by atoms with van der Waals surface area (Å²) in [6.07, 6.45) is 5.42. The molecule has 0 spiro atoms. The fourth-order valence-electron chi connectivity index (χ4n) is 3.52. The minimum absolute atomic E-state index is 0.00282. The second-order valence-corrected chi connectivity index (χ2v) is 7.44. The highest BCUT2D eigenvalue weighted by Crippen LogP contribution is 2.24. The van der Waals surface area contributed by atoms with Gasteiger partial charge in [-0.15, -0.1) is 5.10 Å². The van der Waals surface area contributed by atoms with Crippen molar-refractivity contribution in [2.75, 3.05) is 13.2 Å². The summed E-state index contributed by atoms with van der Waals surface area (Å²) >= 11 is 0. The summed E-state index contributed by atoms with van der Waals surface area (Å²) in [6.45, 7) is 3.40. The van der Waals surface area contributed by atoms with Crippen molar-refractivity contribution in [1.29, 1.82) is 0 Å². The highest BCUT2D eigenvalue weighted by Gasteiger charge is 2.26. The first-order chi connectivity index (χ1) is 14.1. The lowest BCUT2D eigenvalue weighted by molar-refractivity contribution is -0.126. The van der Waals surface area contributed by atoms with Crippen molar-refractivity contribution in [3.05, 3.63) is 42.2 Å². The van der Waals surface area contributed by atoms with Crippen molar-refractivity contribution in [1.82, 2.24) is 25.6 Å². The van der Waals surface area contributed by atoms with Crippen LogP contribution in [0.1, 0.15) is 37.8 Å². The van der Waals surface area contributed by atoms with Crippen LogP contribution in [0.2, 0.25) is 0 Å². The van der Waals surface area contributed by atoms with Crippen LogP contribution in [0.3, 0.4) is 0 Å². The normalized spacial score (nSPS) is 18.8. The molecular weight excluding hydrogens is 370 g/mol. The molecule has 8 nitrogen and oxygen atoms in total. The largest absolute Gasteiger partial charge is 0.493 e. The molecule has 8 heteroatoms. The number of hydrogen-bond acceptors (Lipinski definition) is 5. The van der Waals surface area contributed by atoms with E-state index in [-0.39, 0.29) is 23.8 Å². The first-order valence-corrected chi connectivity index (χ1v) is 10.2. The smallest absolute Gasteiger partial charge is 0.223 e. The van der Waals surface area contributed by atoms with E-state index in [1.165, 1.54) is 0 Å². The number of aromatic nitrogens is 3. The topological polar surface area (TPSA) is 98.1 Å². The lowest BCUT2D eigenvalue weighted by Gasteiger charge is -2.28. The van der Waals surface area contributed by atoms with Gasteiger partial charge < -0.3 is 15.4 Å². The van der Waals surface area contributed by atoms with Crippen LogP contribution in [0.25, 0.3) is 0 Å². The predicted octanol–water partition coefficient (Wildman–Crippen LogP) is 1.85. The van der Waals surface area contributed by atoms with Gasteiger partial charge in [-0.1, -0.05) is 23.4 Å². The van der Waals surface area contributed by atoms with Crippen molar-refractivity contribution in [3.63, 3.8) is 0 Å². The Morgan fingerprint density at radius 1 is 1.17 bits per heavy atom. The number of aryl methyl sites for hydroxylation is 1. The molecule has 0 radical (unpaired) electrons. The molecule has 2 N–H and O–H groups in total. The second-order valence-electron chi connectivity index (χ2n) is 7.44. The molecule has 1 saturated carbocycles. The maximum Gasteiger partial charge on any atom is 0.223 e. The molecule has 1 heterocycles. The van der Waals surface area contributed by atoms with Gasteiger partial charge in [0.2, 0.25) is 11.8 Å². The van der Waals surface area contributed by atoms with Crippen LogP contribution in [-0.2, 0) is 16.1 Å². The number of para-hydroxylation sites is 1. The summed E-state index contributed by atoms with van der Waals surface area (Å²) in [5, 5.41) is 13.9. The van der Waals surface area contributed by atoms with Gasteiger partial charge in [-0.05, 0) is 44.7 Å². The van der Waals surface area contributed by atoms with Crippen LogP contribution in [0.4, 0.5) is 0 Å². The van der Waals surface area contributed by atoms with E-state index in [1.54, 1.807) is 4.68 Å². The van der Waals surface area contributed by atoms with Gasteiger partial charge in [0.05, 0.1) is 25.3 Å². The Balaban J connectivity index is 1.28. The van der Waals surface area contributed by atoms with Crippen LogP contribution in [-0.4, -0.2) is 46.0 Å². The molecule has 0 atom stereocenters. The molecule has 0 unspecified atom stereocenters. The molecule has 1 fully saturated rings. The Bertz CT molecular complexity index is 785. The van der Waals surface area contributed by atoms with Gasteiger partial charge >= 0.3 is 0 Å². The zero-order valence-corrected chi connectivity index (χ0v) is 16.8. The highest BCUT2D eigenvalue weighted by atomic mass is 16.5. The number of carbonyl (C=O) groups is 2. The van der Waals surface area contributed by atoms with Crippen LogP contribution in [0.5, 0.6) is 5.75 Å². The molecule has 1 aromatic heterocycles. The summed E-state index contributed by atoms with van der Waals surface area (Å²) in [4.78, 5) is 24.4. The van der Waals surface area contributed by atoms with Crippen LogP contribution in [0.15, 0.2) is 36.5 Å². The molecule has 1 aliphatic carbocycles. The number of nitrogens with zero attached hydrogens (tertiary/aromatic N) is 3. The number of amides is 2. The lowest BCUT2D eigenvalue weighted by atomic mass is 9.85. The predicted molar refractivity (Wildman–Crippen MR) is 108 cm³/mol. The summed E-state index contributed by atoms with van der Waals surface area (Å²) in [7, 11) is 0. The highest BCUT2D eigenvalue weighted by molar-refractivity contribution is 5.79. The Morgan fingerprint density at radius 3 is 2.62 bits per heavy atom. The minimum atomic E-state index is -0.00282. The summed E-state index contributed by atoms with van der Waals surface area (Å²) in [5.41, 5.74) is 0.864. The summed E-state index contributed by atoms with van der Waals surface area (Å²) < 4.78 is 7.29. The summed E-state index contributed by atoms with van der Waals surface area (Å²) in [5.74, 6) is 0.868. The van der Waals surface area contributed by atoms with E-state index in [2.05, 4.69) is 20.9 Å². The molecule has 0 bridgehead atoms. The standard InChI is InChI=1S/C21H29N5O3/c1-16-15-26(25-24-16)13-12-22-21(28)17-7-9-18(10-8-17)23-20(27)11-14-29-19-5-3-2-4-6-19/h2-6,15,17-18H,7-14H2,1H3,(H,22,28)(H,23,27). The average molecular weight is 399 g/mol. The maximum absolute atomic E-state index is 12.3. The van der Waals surface area contributed by atoms with Crippen LogP contribution >= 0.6 is 0 Å². The van der Waals surface area contributed by atoms with E-state index < -0.39 is 0 Å². The van der Waals surface area contributed by atoms with Gasteiger partial charge in [-0.2, -0.15) is 0 Å². The third-order valence-corrected chi connectivity index (χ3v) is 5.10. The van der Waals surface area contributed by atoms with E-state index in [9.17, 15) is 9.59 Å². The van der Waals surface area contributed by atoms with Crippen molar-refractivity contribution in [2.24, 2.45) is 5.92 Å². The van der Waals surface area contributed by atoms with E-state index in [0.29, 0.717) is 26.1 Å².